The van der Waals surface area contributed by atoms with Gasteiger partial charge in [-0.3, -0.25) is 9.69 Å². The predicted octanol–water partition coefficient (Wildman–Crippen LogP) is 1.57. The normalized spacial score (nSPS) is 36.3. The summed E-state index contributed by atoms with van der Waals surface area (Å²) in [6, 6.07) is 10.5. The van der Waals surface area contributed by atoms with E-state index in [1.54, 1.807) is 7.11 Å². The van der Waals surface area contributed by atoms with Crippen molar-refractivity contribution in [1.82, 2.24) is 4.90 Å². The van der Waals surface area contributed by atoms with E-state index in [0.29, 0.717) is 30.9 Å². The molecule has 3 heterocycles. The Morgan fingerprint density at radius 3 is 2.52 bits per heavy atom. The molecule has 0 N–H and O–H groups in total. The highest BCUT2D eigenvalue weighted by Crippen LogP contribution is 2.48. The van der Waals surface area contributed by atoms with Gasteiger partial charge in [0.15, 0.2) is 0 Å². The Morgan fingerprint density at radius 2 is 1.91 bits per heavy atom. The van der Waals surface area contributed by atoms with E-state index in [-0.39, 0.29) is 18.0 Å². The van der Waals surface area contributed by atoms with E-state index in [4.69, 9.17) is 14.2 Å². The zero-order valence-corrected chi connectivity index (χ0v) is 13.6. The fourth-order valence-corrected chi connectivity index (χ4v) is 4.20. The third-order valence-corrected chi connectivity index (χ3v) is 5.48. The number of likely N-dealkylation sites (N-methyl/N-ethyl adjacent to an activating group) is 1. The maximum atomic E-state index is 12.7. The summed E-state index contributed by atoms with van der Waals surface area (Å²) in [7, 11) is 3.77. The largest absolute Gasteiger partial charge is 0.462 e. The first-order chi connectivity index (χ1) is 11.2. The number of benzene rings is 1. The summed E-state index contributed by atoms with van der Waals surface area (Å²) >= 11 is 0. The van der Waals surface area contributed by atoms with Gasteiger partial charge < -0.3 is 14.2 Å². The van der Waals surface area contributed by atoms with Crippen molar-refractivity contribution in [1.29, 1.82) is 0 Å². The molecule has 0 spiro atoms. The summed E-state index contributed by atoms with van der Waals surface area (Å²) in [6.45, 7) is 0.344. The third-order valence-electron chi connectivity index (χ3n) is 5.48. The van der Waals surface area contributed by atoms with E-state index >= 15 is 0 Å². The Kier molecular flexibility index (Phi) is 3.87. The van der Waals surface area contributed by atoms with Crippen LogP contribution in [0.15, 0.2) is 30.3 Å². The van der Waals surface area contributed by atoms with Gasteiger partial charge in [-0.1, -0.05) is 30.3 Å². The maximum absolute atomic E-state index is 12.7. The number of ether oxygens (including phenoxy) is 3. The van der Waals surface area contributed by atoms with Gasteiger partial charge in [0.1, 0.15) is 24.2 Å². The molecule has 3 aliphatic rings. The number of hydrogen-bond acceptors (Lipinski definition) is 5. The molecule has 3 aliphatic heterocycles. The van der Waals surface area contributed by atoms with Gasteiger partial charge in [-0.15, -0.1) is 0 Å². The van der Waals surface area contributed by atoms with Crippen LogP contribution in [0.25, 0.3) is 0 Å². The molecule has 3 fully saturated rings. The molecular weight excluding hydrogens is 294 g/mol. The number of epoxide rings is 1. The van der Waals surface area contributed by atoms with Crippen molar-refractivity contribution in [2.24, 2.45) is 0 Å². The minimum absolute atomic E-state index is 0.00633. The molecule has 2 bridgehead atoms. The highest BCUT2D eigenvalue weighted by molar-refractivity contribution is 5.78. The van der Waals surface area contributed by atoms with Gasteiger partial charge in [-0.2, -0.15) is 0 Å². The second kappa shape index (κ2) is 5.89. The van der Waals surface area contributed by atoms with Crippen molar-refractivity contribution in [2.45, 2.75) is 49.2 Å². The van der Waals surface area contributed by atoms with E-state index in [0.717, 1.165) is 18.4 Å². The fourth-order valence-electron chi connectivity index (χ4n) is 4.20. The number of nitrogens with zero attached hydrogens (tertiary/aromatic N) is 1. The fraction of sp³-hybridized carbons (Fsp3) is 0.611. The van der Waals surface area contributed by atoms with E-state index in [2.05, 4.69) is 11.9 Å². The van der Waals surface area contributed by atoms with Gasteiger partial charge in [-0.05, 0) is 12.6 Å². The average molecular weight is 317 g/mol. The Balaban J connectivity index is 1.43. The molecule has 5 heteroatoms. The number of hydrogen-bond donors (Lipinski definition) is 0. The SMILES string of the molecule is COCC(C(=O)OC1C[C@@H]2[C@H]3O[C@H]3[C@H](C1)N2C)c1ccccc1. The van der Waals surface area contributed by atoms with Crippen LogP contribution < -0.4 is 0 Å². The molecule has 1 aromatic carbocycles. The van der Waals surface area contributed by atoms with Crippen LogP contribution in [-0.4, -0.2) is 62.0 Å². The van der Waals surface area contributed by atoms with Gasteiger partial charge in [0, 0.05) is 32.0 Å². The molecule has 4 rings (SSSR count). The van der Waals surface area contributed by atoms with Crippen molar-refractivity contribution < 1.29 is 19.0 Å². The quantitative estimate of drug-likeness (QED) is 0.609. The van der Waals surface area contributed by atoms with Crippen LogP contribution in [0, 0.1) is 0 Å². The minimum atomic E-state index is -0.357. The minimum Gasteiger partial charge on any atom is -0.462 e. The maximum Gasteiger partial charge on any atom is 0.316 e. The molecule has 0 saturated carbocycles. The van der Waals surface area contributed by atoms with Crippen molar-refractivity contribution in [3.8, 4) is 0 Å². The number of methoxy groups -OCH3 is 1. The van der Waals surface area contributed by atoms with E-state index in [1.165, 1.54) is 0 Å². The number of morpholine rings is 1. The first-order valence-corrected chi connectivity index (χ1v) is 8.31. The molecular formula is C18H23NO4. The smallest absolute Gasteiger partial charge is 0.316 e. The Hall–Kier alpha value is -1.43. The van der Waals surface area contributed by atoms with Crippen LogP contribution >= 0.6 is 0 Å². The summed E-state index contributed by atoms with van der Waals surface area (Å²) in [5.74, 6) is -0.536. The molecule has 5 nitrogen and oxygen atoms in total. The first-order valence-electron chi connectivity index (χ1n) is 8.31. The monoisotopic (exact) mass is 317 g/mol. The second-order valence-corrected chi connectivity index (χ2v) is 6.81. The Morgan fingerprint density at radius 1 is 1.26 bits per heavy atom. The summed E-state index contributed by atoms with van der Waals surface area (Å²) in [5, 5.41) is 0. The molecule has 0 aromatic heterocycles. The summed E-state index contributed by atoms with van der Waals surface area (Å²) in [5.41, 5.74) is 0.946. The average Bonchev–Trinajstić information content (AvgIpc) is 3.31. The van der Waals surface area contributed by atoms with Crippen molar-refractivity contribution in [2.75, 3.05) is 20.8 Å². The van der Waals surface area contributed by atoms with Crippen molar-refractivity contribution in [3.63, 3.8) is 0 Å². The number of esters is 1. The molecule has 2 unspecified atom stereocenters. The zero-order valence-electron chi connectivity index (χ0n) is 13.6. The lowest BCUT2D eigenvalue weighted by atomic mass is 9.97. The summed E-state index contributed by atoms with van der Waals surface area (Å²) < 4.78 is 16.8. The number of rotatable bonds is 5. The number of carbonyl (C=O) groups excluding carboxylic acids is 1. The van der Waals surface area contributed by atoms with Gasteiger partial charge in [0.25, 0.3) is 0 Å². The molecule has 3 saturated heterocycles. The first kappa shape index (κ1) is 15.1. The summed E-state index contributed by atoms with van der Waals surface area (Å²) in [6.07, 6.45) is 2.45. The standard InChI is InChI=1S/C18H23NO4/c1-19-14-8-12(9-15(19)17-16(14)23-17)22-18(20)13(10-21-2)11-6-4-3-5-7-11/h3-7,12-17H,8-10H2,1-2H3/t12?,13?,14-,15+,16-,17+. The van der Waals surface area contributed by atoms with Gasteiger partial charge in [0.2, 0.25) is 0 Å². The molecule has 6 atom stereocenters. The molecule has 0 radical (unpaired) electrons. The number of carbonyl (C=O) groups is 1. The van der Waals surface area contributed by atoms with Gasteiger partial charge in [-0.25, -0.2) is 0 Å². The number of piperidine rings is 1. The van der Waals surface area contributed by atoms with Crippen LogP contribution in [0.2, 0.25) is 0 Å². The summed E-state index contributed by atoms with van der Waals surface area (Å²) in [4.78, 5) is 15.1. The lowest BCUT2D eigenvalue weighted by molar-refractivity contribution is -0.156. The lowest BCUT2D eigenvalue weighted by Gasteiger charge is -2.38. The highest BCUT2D eigenvalue weighted by atomic mass is 16.6. The van der Waals surface area contributed by atoms with E-state index < -0.39 is 0 Å². The molecule has 1 aromatic rings. The zero-order chi connectivity index (χ0) is 16.0. The van der Waals surface area contributed by atoms with Crippen molar-refractivity contribution in [3.05, 3.63) is 35.9 Å². The molecule has 0 amide bonds. The second-order valence-electron chi connectivity index (χ2n) is 6.81. The lowest BCUT2D eigenvalue weighted by Crippen LogP contribution is -2.48. The predicted molar refractivity (Wildman–Crippen MR) is 84.2 cm³/mol. The van der Waals surface area contributed by atoms with Crippen LogP contribution in [0.4, 0.5) is 0 Å². The number of fused-ring (bicyclic) bond motifs is 5. The van der Waals surface area contributed by atoms with Crippen LogP contribution in [0.1, 0.15) is 24.3 Å². The molecule has 0 aliphatic carbocycles. The Labute approximate surface area is 136 Å². The van der Waals surface area contributed by atoms with E-state index in [1.807, 2.05) is 30.3 Å². The van der Waals surface area contributed by atoms with Crippen LogP contribution in [-0.2, 0) is 19.0 Å². The van der Waals surface area contributed by atoms with Crippen molar-refractivity contribution >= 4 is 5.97 Å². The molecule has 23 heavy (non-hydrogen) atoms. The van der Waals surface area contributed by atoms with Gasteiger partial charge >= 0.3 is 5.97 Å². The highest BCUT2D eigenvalue weighted by Gasteiger charge is 2.62. The Bertz CT molecular complexity index is 560. The van der Waals surface area contributed by atoms with E-state index in [9.17, 15) is 4.79 Å². The third kappa shape index (κ3) is 2.67. The van der Waals surface area contributed by atoms with Crippen LogP contribution in [0.3, 0.4) is 0 Å². The topological polar surface area (TPSA) is 51.3 Å². The van der Waals surface area contributed by atoms with Gasteiger partial charge in [0.05, 0.1) is 6.61 Å². The van der Waals surface area contributed by atoms with Crippen LogP contribution in [0.5, 0.6) is 0 Å². The molecule has 124 valence electrons.